The van der Waals surface area contributed by atoms with Crippen LogP contribution in [0.25, 0.3) is 0 Å². The number of aromatic nitrogens is 3. The van der Waals surface area contributed by atoms with Gasteiger partial charge < -0.3 is 10.6 Å². The second-order valence-corrected chi connectivity index (χ2v) is 7.00. The molecule has 23 heavy (non-hydrogen) atoms. The third kappa shape index (κ3) is 4.10. The monoisotopic (exact) mass is 319 g/mol. The van der Waals surface area contributed by atoms with Gasteiger partial charge in [0, 0.05) is 6.54 Å². The molecule has 0 unspecified atom stereocenters. The van der Waals surface area contributed by atoms with E-state index in [-0.39, 0.29) is 5.91 Å². The van der Waals surface area contributed by atoms with E-state index >= 15 is 0 Å². The summed E-state index contributed by atoms with van der Waals surface area (Å²) in [6.45, 7) is 4.71. The van der Waals surface area contributed by atoms with Crippen molar-refractivity contribution in [2.75, 3.05) is 19.6 Å². The molecule has 1 saturated carbocycles. The molecule has 2 aliphatic rings. The highest BCUT2D eigenvalue weighted by Crippen LogP contribution is 2.28. The van der Waals surface area contributed by atoms with Crippen LogP contribution < -0.4 is 10.6 Å². The fourth-order valence-electron chi connectivity index (χ4n) is 3.92. The van der Waals surface area contributed by atoms with E-state index in [2.05, 4.69) is 20.9 Å². The molecule has 2 N–H and O–H groups in total. The summed E-state index contributed by atoms with van der Waals surface area (Å²) >= 11 is 0. The van der Waals surface area contributed by atoms with Gasteiger partial charge in [-0.2, -0.15) is 0 Å². The average molecular weight is 319 g/mol. The molecule has 128 valence electrons. The highest BCUT2D eigenvalue weighted by atomic mass is 16.2. The minimum Gasteiger partial charge on any atom is -0.351 e. The zero-order chi connectivity index (χ0) is 16.1. The predicted octanol–water partition coefficient (Wildman–Crippen LogP) is 2.21. The van der Waals surface area contributed by atoms with Crippen LogP contribution in [0, 0.1) is 12.8 Å². The number of amides is 1. The maximum atomic E-state index is 12.3. The first-order valence-electron chi connectivity index (χ1n) is 9.16. The van der Waals surface area contributed by atoms with Crippen LogP contribution in [0.2, 0.25) is 0 Å². The van der Waals surface area contributed by atoms with Crippen molar-refractivity contribution >= 4 is 5.91 Å². The van der Waals surface area contributed by atoms with E-state index in [9.17, 15) is 4.79 Å². The lowest BCUT2D eigenvalue weighted by Gasteiger charge is -2.23. The van der Waals surface area contributed by atoms with Gasteiger partial charge >= 0.3 is 0 Å². The van der Waals surface area contributed by atoms with Crippen LogP contribution in [-0.2, 0) is 0 Å². The van der Waals surface area contributed by atoms with Gasteiger partial charge in [0.1, 0.15) is 0 Å². The van der Waals surface area contributed by atoms with Crippen LogP contribution >= 0.6 is 0 Å². The lowest BCUT2D eigenvalue weighted by atomic mass is 10.0. The van der Waals surface area contributed by atoms with Crippen LogP contribution in [0.15, 0.2) is 0 Å². The summed E-state index contributed by atoms with van der Waals surface area (Å²) < 4.78 is 1.94. The summed E-state index contributed by atoms with van der Waals surface area (Å²) in [5, 5.41) is 14.7. The number of carbonyl (C=O) groups excluding carboxylic acids is 1. The molecule has 1 saturated heterocycles. The number of nitrogens with one attached hydrogen (secondary N) is 2. The SMILES string of the molecule is Cc1c(C(=O)NCCCC2CCCC2)nnn1C1CCNCC1. The van der Waals surface area contributed by atoms with Gasteiger partial charge in [0.2, 0.25) is 0 Å². The molecule has 1 aromatic rings. The number of hydrogen-bond acceptors (Lipinski definition) is 4. The summed E-state index contributed by atoms with van der Waals surface area (Å²) in [5.41, 5.74) is 1.38. The summed E-state index contributed by atoms with van der Waals surface area (Å²) in [7, 11) is 0. The van der Waals surface area contributed by atoms with E-state index in [1.165, 1.54) is 32.1 Å². The van der Waals surface area contributed by atoms with Gasteiger partial charge in [0.05, 0.1) is 11.7 Å². The molecule has 1 amide bonds. The molecule has 0 spiro atoms. The molecule has 1 aliphatic heterocycles. The number of rotatable bonds is 6. The lowest BCUT2D eigenvalue weighted by Crippen LogP contribution is -2.30. The molecule has 2 heterocycles. The number of hydrogen-bond donors (Lipinski definition) is 2. The molecule has 1 aromatic heterocycles. The van der Waals surface area contributed by atoms with E-state index in [0.717, 1.165) is 50.5 Å². The Balaban J connectivity index is 1.48. The van der Waals surface area contributed by atoms with Crippen LogP contribution in [0.5, 0.6) is 0 Å². The summed E-state index contributed by atoms with van der Waals surface area (Å²) in [5.74, 6) is 0.809. The van der Waals surface area contributed by atoms with Gasteiger partial charge in [0.15, 0.2) is 5.69 Å². The number of nitrogens with zero attached hydrogens (tertiary/aromatic N) is 3. The molecule has 6 heteroatoms. The zero-order valence-electron chi connectivity index (χ0n) is 14.2. The van der Waals surface area contributed by atoms with Crippen LogP contribution in [0.1, 0.15) is 73.6 Å². The minimum atomic E-state index is -0.0749. The smallest absolute Gasteiger partial charge is 0.273 e. The molecular weight excluding hydrogens is 290 g/mol. The molecule has 0 bridgehead atoms. The Bertz CT molecular complexity index is 515. The van der Waals surface area contributed by atoms with Crippen LogP contribution in [0.3, 0.4) is 0 Å². The van der Waals surface area contributed by atoms with Crippen molar-refractivity contribution in [2.24, 2.45) is 5.92 Å². The summed E-state index contributed by atoms with van der Waals surface area (Å²) in [4.78, 5) is 12.3. The Kier molecular flexibility index (Phi) is 5.65. The summed E-state index contributed by atoms with van der Waals surface area (Å²) in [6.07, 6.45) is 9.92. The maximum Gasteiger partial charge on any atom is 0.273 e. The Morgan fingerprint density at radius 3 is 2.74 bits per heavy atom. The zero-order valence-corrected chi connectivity index (χ0v) is 14.2. The molecule has 0 atom stereocenters. The normalized spacial score (nSPS) is 20.0. The van der Waals surface area contributed by atoms with Crippen molar-refractivity contribution < 1.29 is 4.79 Å². The van der Waals surface area contributed by atoms with Gasteiger partial charge in [-0.25, -0.2) is 4.68 Å². The first-order chi connectivity index (χ1) is 11.3. The highest BCUT2D eigenvalue weighted by Gasteiger charge is 2.22. The maximum absolute atomic E-state index is 12.3. The first-order valence-corrected chi connectivity index (χ1v) is 9.16. The van der Waals surface area contributed by atoms with E-state index in [0.29, 0.717) is 11.7 Å². The second kappa shape index (κ2) is 7.90. The first kappa shape index (κ1) is 16.4. The largest absolute Gasteiger partial charge is 0.351 e. The van der Waals surface area contributed by atoms with Gasteiger partial charge in [-0.3, -0.25) is 4.79 Å². The molecule has 2 fully saturated rings. The Labute approximate surface area is 138 Å². The van der Waals surface area contributed by atoms with Crippen molar-refractivity contribution in [2.45, 2.75) is 64.3 Å². The Hall–Kier alpha value is -1.43. The fourth-order valence-corrected chi connectivity index (χ4v) is 3.92. The molecule has 0 aromatic carbocycles. The third-order valence-electron chi connectivity index (χ3n) is 5.35. The van der Waals surface area contributed by atoms with Crippen molar-refractivity contribution in [3.63, 3.8) is 0 Å². The van der Waals surface area contributed by atoms with E-state index in [4.69, 9.17) is 0 Å². The van der Waals surface area contributed by atoms with Gasteiger partial charge in [-0.05, 0) is 51.6 Å². The van der Waals surface area contributed by atoms with Crippen molar-refractivity contribution in [1.82, 2.24) is 25.6 Å². The Morgan fingerprint density at radius 2 is 2.00 bits per heavy atom. The Morgan fingerprint density at radius 1 is 1.26 bits per heavy atom. The lowest BCUT2D eigenvalue weighted by molar-refractivity contribution is 0.0946. The quantitative estimate of drug-likeness (QED) is 0.789. The second-order valence-electron chi connectivity index (χ2n) is 7.00. The van der Waals surface area contributed by atoms with E-state index in [1.54, 1.807) is 0 Å². The predicted molar refractivity (Wildman–Crippen MR) is 89.4 cm³/mol. The minimum absolute atomic E-state index is 0.0749. The number of carbonyl (C=O) groups is 1. The van der Waals surface area contributed by atoms with Gasteiger partial charge in [0.25, 0.3) is 5.91 Å². The van der Waals surface area contributed by atoms with Crippen LogP contribution in [-0.4, -0.2) is 40.5 Å². The van der Waals surface area contributed by atoms with Crippen LogP contribution in [0.4, 0.5) is 0 Å². The number of piperidine rings is 1. The topological polar surface area (TPSA) is 71.8 Å². The molecule has 1 aliphatic carbocycles. The average Bonchev–Trinajstić information content (AvgIpc) is 3.22. The third-order valence-corrected chi connectivity index (χ3v) is 5.35. The summed E-state index contributed by atoms with van der Waals surface area (Å²) in [6, 6.07) is 0.368. The van der Waals surface area contributed by atoms with Gasteiger partial charge in [-0.15, -0.1) is 5.10 Å². The highest BCUT2D eigenvalue weighted by molar-refractivity contribution is 5.93. The molecule has 3 rings (SSSR count). The molecule has 0 radical (unpaired) electrons. The van der Waals surface area contributed by atoms with E-state index < -0.39 is 0 Å². The standard InChI is InChI=1S/C17H29N5O/c1-13-16(20-21-22(13)15-8-11-18-12-9-15)17(23)19-10-4-7-14-5-2-3-6-14/h14-15,18H,2-12H2,1H3,(H,19,23). The van der Waals surface area contributed by atoms with Gasteiger partial charge in [-0.1, -0.05) is 30.9 Å². The van der Waals surface area contributed by atoms with Crippen molar-refractivity contribution in [3.05, 3.63) is 11.4 Å². The fraction of sp³-hybridized carbons (Fsp3) is 0.824. The van der Waals surface area contributed by atoms with Crippen molar-refractivity contribution in [1.29, 1.82) is 0 Å². The molecule has 6 nitrogen and oxygen atoms in total. The van der Waals surface area contributed by atoms with Crippen molar-refractivity contribution in [3.8, 4) is 0 Å². The molecular formula is C17H29N5O. The van der Waals surface area contributed by atoms with E-state index in [1.807, 2.05) is 11.6 Å².